The molecule has 18 heavy (non-hydrogen) atoms. The van der Waals surface area contributed by atoms with E-state index in [-0.39, 0.29) is 6.04 Å². The first-order valence-corrected chi connectivity index (χ1v) is 5.99. The minimum atomic E-state index is 0.288. The second-order valence-corrected chi connectivity index (χ2v) is 4.56. The van der Waals surface area contributed by atoms with Crippen LogP contribution in [-0.4, -0.2) is 35.3 Å². The second kappa shape index (κ2) is 4.59. The van der Waals surface area contributed by atoms with E-state index in [1.54, 1.807) is 13.2 Å². The van der Waals surface area contributed by atoms with Gasteiger partial charge in [0.05, 0.1) is 26.5 Å². The van der Waals surface area contributed by atoms with Gasteiger partial charge in [-0.25, -0.2) is 4.68 Å². The summed E-state index contributed by atoms with van der Waals surface area (Å²) in [5.41, 5.74) is 1.60. The Morgan fingerprint density at radius 1 is 1.44 bits per heavy atom. The number of hydrogen-bond acceptors (Lipinski definition) is 4. The number of ether oxygens (including phenoxy) is 2. The first-order valence-electron chi connectivity index (χ1n) is 5.61. The highest BCUT2D eigenvalue weighted by atomic mass is 35.5. The van der Waals surface area contributed by atoms with Gasteiger partial charge in [0.25, 0.3) is 0 Å². The molecule has 0 amide bonds. The Labute approximate surface area is 109 Å². The van der Waals surface area contributed by atoms with Gasteiger partial charge in [-0.15, -0.1) is 5.10 Å². The lowest BCUT2D eigenvalue weighted by atomic mass is 10.1. The Balaban J connectivity index is 1.98. The van der Waals surface area contributed by atoms with Gasteiger partial charge in [-0.3, -0.25) is 0 Å². The van der Waals surface area contributed by atoms with Crippen LogP contribution in [0.4, 0.5) is 0 Å². The summed E-state index contributed by atoms with van der Waals surface area (Å²) in [5, 5.41) is 8.91. The van der Waals surface area contributed by atoms with Crippen LogP contribution in [0.3, 0.4) is 0 Å². The van der Waals surface area contributed by atoms with Gasteiger partial charge in [-0.1, -0.05) is 16.8 Å². The van der Waals surface area contributed by atoms with Crippen LogP contribution >= 0.6 is 11.6 Å². The van der Waals surface area contributed by atoms with Crippen molar-refractivity contribution in [1.82, 2.24) is 15.0 Å². The highest BCUT2D eigenvalue weighted by Gasteiger charge is 2.22. The third-order valence-electron chi connectivity index (χ3n) is 2.94. The highest BCUT2D eigenvalue weighted by Crippen LogP contribution is 2.31. The topological polar surface area (TPSA) is 49.2 Å². The van der Waals surface area contributed by atoms with Gasteiger partial charge in [-0.2, -0.15) is 0 Å². The molecule has 0 atom stereocenters. The number of benzene rings is 1. The van der Waals surface area contributed by atoms with Crippen LogP contribution in [0.1, 0.15) is 6.04 Å². The predicted molar refractivity (Wildman–Crippen MR) is 66.9 cm³/mol. The standard InChI is InChI=1S/C12H12ClN3O2/c1-17-12-3-2-8(13)4-10(12)11-5-16(15-14-11)9-6-18-7-9/h2-5,9H,6-7H2,1H3. The van der Waals surface area contributed by atoms with E-state index < -0.39 is 0 Å². The Kier molecular flexibility index (Phi) is 2.93. The zero-order valence-electron chi connectivity index (χ0n) is 9.84. The number of halogens is 1. The van der Waals surface area contributed by atoms with Crippen molar-refractivity contribution in [2.45, 2.75) is 6.04 Å². The van der Waals surface area contributed by atoms with Crippen molar-refractivity contribution in [2.24, 2.45) is 0 Å². The van der Waals surface area contributed by atoms with Crippen LogP contribution in [0.5, 0.6) is 5.75 Å². The van der Waals surface area contributed by atoms with Gasteiger partial charge in [0.15, 0.2) is 0 Å². The summed E-state index contributed by atoms with van der Waals surface area (Å²) >= 11 is 6.00. The summed E-state index contributed by atoms with van der Waals surface area (Å²) in [7, 11) is 1.62. The second-order valence-electron chi connectivity index (χ2n) is 4.12. The van der Waals surface area contributed by atoms with Gasteiger partial charge in [0, 0.05) is 10.6 Å². The quantitative estimate of drug-likeness (QED) is 0.853. The number of nitrogens with zero attached hydrogens (tertiary/aromatic N) is 3. The van der Waals surface area contributed by atoms with Crippen LogP contribution < -0.4 is 4.74 Å². The Hall–Kier alpha value is -1.59. The van der Waals surface area contributed by atoms with Crippen molar-refractivity contribution in [3.63, 3.8) is 0 Å². The van der Waals surface area contributed by atoms with Crippen LogP contribution in [0.25, 0.3) is 11.3 Å². The molecule has 0 bridgehead atoms. The summed E-state index contributed by atoms with van der Waals surface area (Å²) in [6, 6.07) is 5.72. The minimum Gasteiger partial charge on any atom is -0.496 e. The summed E-state index contributed by atoms with van der Waals surface area (Å²) in [6.45, 7) is 1.38. The van der Waals surface area contributed by atoms with Crippen molar-refractivity contribution in [3.8, 4) is 17.0 Å². The van der Waals surface area contributed by atoms with Gasteiger partial charge >= 0.3 is 0 Å². The molecule has 0 aliphatic carbocycles. The van der Waals surface area contributed by atoms with E-state index in [0.29, 0.717) is 18.2 Å². The molecule has 1 fully saturated rings. The van der Waals surface area contributed by atoms with Gasteiger partial charge in [-0.05, 0) is 18.2 Å². The number of aromatic nitrogens is 3. The van der Waals surface area contributed by atoms with E-state index in [2.05, 4.69) is 10.3 Å². The fourth-order valence-electron chi connectivity index (χ4n) is 1.83. The van der Waals surface area contributed by atoms with Crippen LogP contribution in [0, 0.1) is 0 Å². The molecular formula is C12H12ClN3O2. The molecule has 1 aromatic carbocycles. The molecule has 1 aromatic heterocycles. The lowest BCUT2D eigenvalue weighted by Crippen LogP contribution is -2.30. The largest absolute Gasteiger partial charge is 0.496 e. The lowest BCUT2D eigenvalue weighted by molar-refractivity contribution is -0.0293. The maximum absolute atomic E-state index is 6.00. The molecule has 0 radical (unpaired) electrons. The normalized spacial score (nSPS) is 15.4. The van der Waals surface area contributed by atoms with E-state index >= 15 is 0 Å². The molecule has 0 saturated carbocycles. The molecule has 2 heterocycles. The third kappa shape index (κ3) is 1.95. The SMILES string of the molecule is COc1ccc(Cl)cc1-c1cn(C2COC2)nn1. The summed E-state index contributed by atoms with van der Waals surface area (Å²) < 4.78 is 12.3. The zero-order valence-corrected chi connectivity index (χ0v) is 10.6. The number of hydrogen-bond donors (Lipinski definition) is 0. The number of rotatable bonds is 3. The molecule has 94 valence electrons. The molecule has 5 nitrogen and oxygen atoms in total. The minimum absolute atomic E-state index is 0.288. The summed E-state index contributed by atoms with van der Waals surface area (Å²) in [5.74, 6) is 0.733. The van der Waals surface area contributed by atoms with Gasteiger partial charge in [0.1, 0.15) is 17.5 Å². The van der Waals surface area contributed by atoms with Crippen LogP contribution in [-0.2, 0) is 4.74 Å². The van der Waals surface area contributed by atoms with Crippen LogP contribution in [0.2, 0.25) is 5.02 Å². The molecule has 1 aliphatic heterocycles. The zero-order chi connectivity index (χ0) is 12.5. The van der Waals surface area contributed by atoms with Gasteiger partial charge in [0.2, 0.25) is 0 Å². The third-order valence-corrected chi connectivity index (χ3v) is 3.18. The van der Waals surface area contributed by atoms with E-state index in [1.807, 2.05) is 23.0 Å². The molecular weight excluding hydrogens is 254 g/mol. The fraction of sp³-hybridized carbons (Fsp3) is 0.333. The predicted octanol–water partition coefficient (Wildman–Crippen LogP) is 2.18. The van der Waals surface area contributed by atoms with Crippen molar-refractivity contribution < 1.29 is 9.47 Å². The number of methoxy groups -OCH3 is 1. The van der Waals surface area contributed by atoms with E-state index in [0.717, 1.165) is 17.0 Å². The van der Waals surface area contributed by atoms with Crippen molar-refractivity contribution in [3.05, 3.63) is 29.4 Å². The van der Waals surface area contributed by atoms with E-state index in [9.17, 15) is 0 Å². The summed E-state index contributed by atoms with van der Waals surface area (Å²) in [4.78, 5) is 0. The molecule has 6 heteroatoms. The lowest BCUT2D eigenvalue weighted by Gasteiger charge is -2.25. The van der Waals surface area contributed by atoms with Gasteiger partial charge < -0.3 is 9.47 Å². The fourth-order valence-corrected chi connectivity index (χ4v) is 2.01. The van der Waals surface area contributed by atoms with Crippen molar-refractivity contribution >= 4 is 11.6 Å². The average molecular weight is 266 g/mol. The van der Waals surface area contributed by atoms with Crippen molar-refractivity contribution in [1.29, 1.82) is 0 Å². The first-order chi connectivity index (χ1) is 8.78. The molecule has 0 unspecified atom stereocenters. The molecule has 3 rings (SSSR count). The molecule has 1 aliphatic rings. The first kappa shape index (κ1) is 11.5. The van der Waals surface area contributed by atoms with E-state index in [4.69, 9.17) is 21.1 Å². The average Bonchev–Trinajstić information content (AvgIpc) is 2.76. The molecule has 2 aromatic rings. The van der Waals surface area contributed by atoms with E-state index in [1.165, 1.54) is 0 Å². The molecule has 0 spiro atoms. The Bertz CT molecular complexity index is 566. The Morgan fingerprint density at radius 3 is 2.94 bits per heavy atom. The van der Waals surface area contributed by atoms with Crippen molar-refractivity contribution in [2.75, 3.05) is 20.3 Å². The molecule has 1 saturated heterocycles. The molecule has 0 N–H and O–H groups in total. The smallest absolute Gasteiger partial charge is 0.128 e. The van der Waals surface area contributed by atoms with Crippen LogP contribution in [0.15, 0.2) is 24.4 Å². The summed E-state index contributed by atoms with van der Waals surface area (Å²) in [6.07, 6.45) is 1.89. The Morgan fingerprint density at radius 2 is 2.28 bits per heavy atom. The monoisotopic (exact) mass is 265 g/mol. The maximum Gasteiger partial charge on any atom is 0.128 e. The highest BCUT2D eigenvalue weighted by molar-refractivity contribution is 6.30. The maximum atomic E-state index is 6.00.